The molecule has 4 N–H and O–H groups in total. The Kier molecular flexibility index (Phi) is 14.8. The lowest BCUT2D eigenvalue weighted by atomic mass is 9.73. The Morgan fingerprint density at radius 3 is 2.08 bits per heavy atom. The third-order valence-corrected chi connectivity index (χ3v) is 11.2. The molecule has 0 saturated carbocycles. The number of hydrogen-bond acceptors (Lipinski definition) is 13. The number of hydrogen-bond donors (Lipinski definition) is 4. The third-order valence-electron chi connectivity index (χ3n) is 11.2. The van der Waals surface area contributed by atoms with Gasteiger partial charge < -0.3 is 53.7 Å². The Morgan fingerprint density at radius 2 is 1.52 bits per heavy atom. The van der Waals surface area contributed by atoms with Crippen molar-refractivity contribution in [3.8, 4) is 0 Å². The van der Waals surface area contributed by atoms with Crippen molar-refractivity contribution in [2.24, 2.45) is 23.7 Å². The number of aliphatic hydroxyl groups is 4. The fourth-order valence-corrected chi connectivity index (χ4v) is 8.13. The molecule has 0 aromatic rings. The number of halogens is 1. The number of rotatable bonds is 7. The van der Waals surface area contributed by atoms with E-state index in [9.17, 15) is 30.0 Å². The first-order valence-corrected chi connectivity index (χ1v) is 18.1. The quantitative estimate of drug-likeness (QED) is 0.283. The number of aliphatic hydroxyl groups excluding tert-OH is 3. The summed E-state index contributed by atoms with van der Waals surface area (Å²) in [5, 5.41) is 45.5. The zero-order chi connectivity index (χ0) is 38.0. The van der Waals surface area contributed by atoms with Gasteiger partial charge in [0.05, 0.1) is 48.1 Å². The van der Waals surface area contributed by atoms with Crippen LogP contribution in [0.1, 0.15) is 88.0 Å². The molecule has 0 aromatic carbocycles. The van der Waals surface area contributed by atoms with Crippen LogP contribution in [-0.4, -0.2) is 143 Å². The van der Waals surface area contributed by atoms with Crippen LogP contribution in [0.25, 0.3) is 0 Å². The van der Waals surface area contributed by atoms with Gasteiger partial charge in [0, 0.05) is 43.7 Å². The topological polar surface area (TPSA) is 174 Å². The van der Waals surface area contributed by atoms with Gasteiger partial charge in [0.15, 0.2) is 24.0 Å². The van der Waals surface area contributed by atoms with Gasteiger partial charge in [0.1, 0.15) is 18.3 Å². The number of alkyl halides is 1. The second-order valence-electron chi connectivity index (χ2n) is 15.8. The number of carbonyl (C=O) groups excluding carboxylic acids is 2. The molecule has 3 rings (SSSR count). The van der Waals surface area contributed by atoms with Crippen molar-refractivity contribution < 1.29 is 62.8 Å². The second-order valence-corrected chi connectivity index (χ2v) is 15.8. The number of nitrogens with zero attached hydrogens (tertiary/aromatic N) is 1. The molecule has 0 spiro atoms. The van der Waals surface area contributed by atoms with E-state index in [2.05, 4.69) is 0 Å². The fraction of sp³-hybridized carbons (Fsp3) is 0.944. The Balaban J connectivity index is 2.17. The molecule has 13 nitrogen and oxygen atoms in total. The van der Waals surface area contributed by atoms with Crippen LogP contribution in [-0.2, 0) is 38.0 Å². The normalized spacial score (nSPS) is 49.0. The van der Waals surface area contributed by atoms with Gasteiger partial charge in [-0.15, -0.1) is 0 Å². The summed E-state index contributed by atoms with van der Waals surface area (Å²) >= 11 is 0. The number of ether oxygens (including phenoxy) is 6. The third kappa shape index (κ3) is 9.61. The van der Waals surface area contributed by atoms with Crippen LogP contribution < -0.4 is 0 Å². The molecule has 0 aromatic heterocycles. The highest BCUT2D eigenvalue weighted by molar-refractivity contribution is 5.89. The summed E-state index contributed by atoms with van der Waals surface area (Å²) in [6.07, 6.45) is -10.6. The van der Waals surface area contributed by atoms with Crippen molar-refractivity contribution in [2.45, 2.75) is 173 Å². The van der Waals surface area contributed by atoms with E-state index in [-0.39, 0.29) is 18.6 Å². The molecular weight excluding hydrogens is 657 g/mol. The van der Waals surface area contributed by atoms with E-state index < -0.39 is 115 Å². The van der Waals surface area contributed by atoms with Gasteiger partial charge in [-0.1, -0.05) is 27.7 Å². The lowest BCUT2D eigenvalue weighted by Crippen LogP contribution is -2.61. The van der Waals surface area contributed by atoms with Crippen LogP contribution in [0.15, 0.2) is 0 Å². The fourth-order valence-electron chi connectivity index (χ4n) is 8.13. The predicted molar refractivity (Wildman–Crippen MR) is 181 cm³/mol. The minimum atomic E-state index is -2.63. The molecule has 3 saturated heterocycles. The Hall–Kier alpha value is -1.33. The molecule has 10 unspecified atom stereocenters. The van der Waals surface area contributed by atoms with Crippen molar-refractivity contribution in [2.75, 3.05) is 21.2 Å². The zero-order valence-corrected chi connectivity index (χ0v) is 31.9. The summed E-state index contributed by atoms with van der Waals surface area (Å²) in [6, 6.07) is -0.374. The summed E-state index contributed by atoms with van der Waals surface area (Å²) in [7, 11) is 5.09. The minimum Gasteiger partial charge on any atom is -0.462 e. The SMILES string of the molecule is CCC1OC(=O)C(C)C(O[C@H]2CC(OC)[C@@H](O)C(C)O2)C(C)[C@@H](OC2OC(C)CC(N(C)C)[C@H]2O)[C@@](C)(O)C[C@](C)(F)C(=O)[C@H](C)[C@@H](O)C1C. The summed E-state index contributed by atoms with van der Waals surface area (Å²) in [6.45, 7) is 14.0. The lowest BCUT2D eigenvalue weighted by molar-refractivity contribution is -0.312. The number of cyclic esters (lactones) is 1. The number of ketones is 1. The van der Waals surface area contributed by atoms with Gasteiger partial charge in [-0.25, -0.2) is 4.39 Å². The highest BCUT2D eigenvalue weighted by Crippen LogP contribution is 2.41. The predicted octanol–water partition coefficient (Wildman–Crippen LogP) is 2.37. The smallest absolute Gasteiger partial charge is 0.311 e. The average Bonchev–Trinajstić information content (AvgIpc) is 3.04. The van der Waals surface area contributed by atoms with Gasteiger partial charge in [0.25, 0.3) is 0 Å². The van der Waals surface area contributed by atoms with Crippen LogP contribution in [0.3, 0.4) is 0 Å². The molecule has 0 radical (unpaired) electrons. The molecular formula is C36H64FNO12. The highest BCUT2D eigenvalue weighted by atomic mass is 19.1. The van der Waals surface area contributed by atoms with Crippen molar-refractivity contribution in [1.29, 1.82) is 0 Å². The lowest BCUT2D eigenvalue weighted by Gasteiger charge is -2.48. The standard InChI is InChI=1S/C36H64FNO12/c1-13-24-18(3)27(39)19(4)31(42)35(8,37)16-36(9,44)32(50-34-29(41)23(38(10)11)14-17(2)46-34)20(5)30(21(6)33(43)48-24)49-26-15-25(45-12)28(40)22(7)47-26/h17-30,32,34,39-41,44H,13-16H2,1-12H3/t17?,18?,19-,20?,21?,22?,23?,24?,25?,26+,27+,28+,29-,30?,32-,34?,35+,36+/m1/s1. The van der Waals surface area contributed by atoms with E-state index in [4.69, 9.17) is 28.4 Å². The van der Waals surface area contributed by atoms with E-state index in [1.54, 1.807) is 34.6 Å². The molecule has 0 aliphatic carbocycles. The number of esters is 1. The monoisotopic (exact) mass is 721 g/mol. The van der Waals surface area contributed by atoms with Crippen LogP contribution in [0.2, 0.25) is 0 Å². The van der Waals surface area contributed by atoms with E-state index in [1.807, 2.05) is 25.9 Å². The van der Waals surface area contributed by atoms with E-state index >= 15 is 4.39 Å². The molecule has 14 heteroatoms. The molecule has 3 aliphatic heterocycles. The van der Waals surface area contributed by atoms with Crippen LogP contribution in [0.4, 0.5) is 4.39 Å². The van der Waals surface area contributed by atoms with E-state index in [1.165, 1.54) is 21.0 Å². The van der Waals surface area contributed by atoms with Crippen LogP contribution in [0, 0.1) is 23.7 Å². The Morgan fingerprint density at radius 1 is 0.900 bits per heavy atom. The van der Waals surface area contributed by atoms with Crippen LogP contribution >= 0.6 is 0 Å². The largest absolute Gasteiger partial charge is 0.462 e. The highest BCUT2D eigenvalue weighted by Gasteiger charge is 2.54. The van der Waals surface area contributed by atoms with Crippen molar-refractivity contribution in [3.63, 3.8) is 0 Å². The molecule has 3 aliphatic rings. The number of Topliss-reactive ketones (excluding diaryl/α,β-unsaturated/α-hetero) is 1. The van der Waals surface area contributed by atoms with Gasteiger partial charge in [-0.05, 0) is 61.6 Å². The van der Waals surface area contributed by atoms with Gasteiger partial charge in [-0.2, -0.15) is 0 Å². The van der Waals surface area contributed by atoms with E-state index in [0.717, 1.165) is 6.92 Å². The number of methoxy groups -OCH3 is 1. The van der Waals surface area contributed by atoms with Crippen molar-refractivity contribution in [1.82, 2.24) is 4.90 Å². The number of likely N-dealkylation sites (N-methyl/N-ethyl adjacent to an activating group) is 1. The summed E-state index contributed by atoms with van der Waals surface area (Å²) in [5.74, 6) is -5.49. The molecule has 18 atom stereocenters. The summed E-state index contributed by atoms with van der Waals surface area (Å²) in [5.41, 5.74) is -4.76. The maximum absolute atomic E-state index is 16.7. The molecule has 292 valence electrons. The molecule has 50 heavy (non-hydrogen) atoms. The van der Waals surface area contributed by atoms with Crippen molar-refractivity contribution >= 4 is 11.8 Å². The molecule has 3 fully saturated rings. The summed E-state index contributed by atoms with van der Waals surface area (Å²) < 4.78 is 53.2. The average molecular weight is 722 g/mol. The molecule has 0 bridgehead atoms. The Labute approximate surface area is 297 Å². The van der Waals surface area contributed by atoms with Gasteiger partial charge in [0.2, 0.25) is 0 Å². The molecule has 3 heterocycles. The summed E-state index contributed by atoms with van der Waals surface area (Å²) in [4.78, 5) is 29.5. The first-order chi connectivity index (χ1) is 23.1. The number of carbonyl (C=O) groups is 2. The van der Waals surface area contributed by atoms with Crippen molar-refractivity contribution in [3.05, 3.63) is 0 Å². The van der Waals surface area contributed by atoms with E-state index in [0.29, 0.717) is 12.8 Å². The minimum absolute atomic E-state index is 0.108. The first kappa shape index (κ1) is 43.1. The zero-order valence-electron chi connectivity index (χ0n) is 31.9. The Bertz CT molecular complexity index is 1120. The first-order valence-electron chi connectivity index (χ1n) is 18.1. The molecule has 0 amide bonds. The van der Waals surface area contributed by atoms with Gasteiger partial charge in [-0.3, -0.25) is 9.59 Å². The second kappa shape index (κ2) is 17.2. The maximum Gasteiger partial charge on any atom is 0.311 e. The van der Waals surface area contributed by atoms with Gasteiger partial charge >= 0.3 is 5.97 Å². The van der Waals surface area contributed by atoms with Crippen LogP contribution in [0.5, 0.6) is 0 Å². The maximum atomic E-state index is 16.7.